The zero-order chi connectivity index (χ0) is 13.9. The van der Waals surface area contributed by atoms with Crippen molar-refractivity contribution in [1.29, 1.82) is 0 Å². The predicted octanol–water partition coefficient (Wildman–Crippen LogP) is 2.70. The number of benzene rings is 1. The smallest absolute Gasteiger partial charge is 0.295 e. The van der Waals surface area contributed by atoms with E-state index in [2.05, 4.69) is 22.1 Å². The third-order valence-corrected chi connectivity index (χ3v) is 3.98. The van der Waals surface area contributed by atoms with E-state index in [1.807, 2.05) is 18.2 Å². The highest BCUT2D eigenvalue weighted by Gasteiger charge is 2.17. The molecule has 0 aliphatic carbocycles. The van der Waals surface area contributed by atoms with E-state index in [4.69, 9.17) is 10.2 Å². The Labute approximate surface area is 119 Å². The molecule has 1 aromatic carbocycles. The van der Waals surface area contributed by atoms with E-state index in [0.29, 0.717) is 17.7 Å². The molecule has 108 valence electrons. The summed E-state index contributed by atoms with van der Waals surface area (Å²) in [5.74, 6) is 0. The molecule has 2 aromatic rings. The number of nitrogens with two attached hydrogens (primary N) is 1. The van der Waals surface area contributed by atoms with Crippen LogP contribution < -0.4 is 11.1 Å². The van der Waals surface area contributed by atoms with Crippen LogP contribution in [0.2, 0.25) is 0 Å². The third-order valence-electron chi connectivity index (χ3n) is 3.98. The highest BCUT2D eigenvalue weighted by molar-refractivity contribution is 5.78. The van der Waals surface area contributed by atoms with Crippen LogP contribution in [0.15, 0.2) is 22.6 Å². The first-order valence-electron chi connectivity index (χ1n) is 7.36. The molecule has 1 aromatic heterocycles. The number of piperidine rings is 1. The fraction of sp³-hybridized carbons (Fsp3) is 0.533. The van der Waals surface area contributed by atoms with E-state index in [9.17, 15) is 0 Å². The van der Waals surface area contributed by atoms with Crippen molar-refractivity contribution in [3.63, 3.8) is 0 Å². The number of oxazole rings is 1. The maximum absolute atomic E-state index is 5.74. The molecule has 1 atom stereocenters. The van der Waals surface area contributed by atoms with Crippen LogP contribution in [-0.4, -0.2) is 35.6 Å². The second-order valence-electron chi connectivity index (χ2n) is 5.57. The van der Waals surface area contributed by atoms with Crippen molar-refractivity contribution in [1.82, 2.24) is 9.88 Å². The van der Waals surface area contributed by atoms with Gasteiger partial charge in [0.2, 0.25) is 0 Å². The largest absolute Gasteiger partial charge is 0.423 e. The number of nitrogens with zero attached hydrogens (tertiary/aromatic N) is 2. The summed E-state index contributed by atoms with van der Waals surface area (Å²) in [7, 11) is 0. The lowest BCUT2D eigenvalue weighted by atomic mass is 10.1. The highest BCUT2D eigenvalue weighted by atomic mass is 16.4. The second kappa shape index (κ2) is 5.71. The van der Waals surface area contributed by atoms with Crippen LogP contribution in [0.1, 0.15) is 26.2 Å². The van der Waals surface area contributed by atoms with Crippen molar-refractivity contribution >= 4 is 22.8 Å². The van der Waals surface area contributed by atoms with E-state index in [1.165, 1.54) is 32.4 Å². The van der Waals surface area contributed by atoms with Crippen molar-refractivity contribution < 1.29 is 4.42 Å². The Bertz CT molecular complexity index is 574. The maximum atomic E-state index is 5.74. The molecule has 3 rings (SSSR count). The van der Waals surface area contributed by atoms with Gasteiger partial charge >= 0.3 is 0 Å². The standard InChI is InChI=1S/C15H22N4O/c1-11(19-7-3-2-4-8-19)10-17-15-18-13-6-5-12(16)9-14(13)20-15/h5-6,9,11H,2-4,7-8,10,16H2,1H3,(H,17,18). The number of hydrogen-bond donors (Lipinski definition) is 2. The van der Waals surface area contributed by atoms with Crippen LogP contribution in [0.25, 0.3) is 11.1 Å². The Morgan fingerprint density at radius 2 is 2.15 bits per heavy atom. The summed E-state index contributed by atoms with van der Waals surface area (Å²) in [6, 6.07) is 6.60. The van der Waals surface area contributed by atoms with Crippen LogP contribution >= 0.6 is 0 Å². The molecule has 5 heteroatoms. The lowest BCUT2D eigenvalue weighted by molar-refractivity contribution is 0.180. The van der Waals surface area contributed by atoms with Gasteiger partial charge in [0.1, 0.15) is 5.52 Å². The van der Waals surface area contributed by atoms with Gasteiger partial charge in [0.15, 0.2) is 5.58 Å². The van der Waals surface area contributed by atoms with E-state index in [-0.39, 0.29) is 0 Å². The van der Waals surface area contributed by atoms with Gasteiger partial charge in [-0.2, -0.15) is 4.98 Å². The molecule has 0 bridgehead atoms. The van der Waals surface area contributed by atoms with Gasteiger partial charge in [-0.25, -0.2) is 0 Å². The summed E-state index contributed by atoms with van der Waals surface area (Å²) in [6.45, 7) is 5.50. The van der Waals surface area contributed by atoms with Gasteiger partial charge in [0.05, 0.1) is 0 Å². The summed E-state index contributed by atoms with van der Waals surface area (Å²) in [6.07, 6.45) is 3.99. The minimum Gasteiger partial charge on any atom is -0.423 e. The SMILES string of the molecule is CC(CNc1nc2ccc(N)cc2o1)N1CCCCC1. The number of nitrogens with one attached hydrogen (secondary N) is 1. The van der Waals surface area contributed by atoms with E-state index in [0.717, 1.165) is 17.6 Å². The molecule has 1 saturated heterocycles. The average Bonchev–Trinajstić information content (AvgIpc) is 2.87. The molecule has 0 saturated carbocycles. The second-order valence-corrected chi connectivity index (χ2v) is 5.57. The Kier molecular flexibility index (Phi) is 3.78. The average molecular weight is 274 g/mol. The normalized spacial score (nSPS) is 18.2. The van der Waals surface area contributed by atoms with Gasteiger partial charge in [0, 0.05) is 24.3 Å². The molecule has 1 unspecified atom stereocenters. The van der Waals surface area contributed by atoms with Crippen molar-refractivity contribution in [2.45, 2.75) is 32.2 Å². The van der Waals surface area contributed by atoms with Crippen molar-refractivity contribution in [2.24, 2.45) is 0 Å². The predicted molar refractivity (Wildman–Crippen MR) is 81.8 cm³/mol. The number of rotatable bonds is 4. The molecular weight excluding hydrogens is 252 g/mol. The minimum absolute atomic E-state index is 0.496. The summed E-state index contributed by atoms with van der Waals surface area (Å²) in [5.41, 5.74) is 8.01. The minimum atomic E-state index is 0.496. The first-order valence-corrected chi connectivity index (χ1v) is 7.36. The van der Waals surface area contributed by atoms with Crippen LogP contribution in [0, 0.1) is 0 Å². The molecule has 1 aliphatic rings. The van der Waals surface area contributed by atoms with Crippen LogP contribution in [0.4, 0.5) is 11.7 Å². The van der Waals surface area contributed by atoms with Gasteiger partial charge in [0.25, 0.3) is 6.01 Å². The van der Waals surface area contributed by atoms with Crippen molar-refractivity contribution in [3.05, 3.63) is 18.2 Å². The Morgan fingerprint density at radius 3 is 2.95 bits per heavy atom. The van der Waals surface area contributed by atoms with Gasteiger partial charge in [-0.15, -0.1) is 0 Å². The van der Waals surface area contributed by atoms with E-state index in [1.54, 1.807) is 0 Å². The molecule has 3 N–H and O–H groups in total. The summed E-state index contributed by atoms with van der Waals surface area (Å²) < 4.78 is 5.67. The number of anilines is 2. The van der Waals surface area contributed by atoms with Gasteiger partial charge in [-0.1, -0.05) is 6.42 Å². The van der Waals surface area contributed by atoms with Gasteiger partial charge < -0.3 is 15.5 Å². The Morgan fingerprint density at radius 1 is 1.35 bits per heavy atom. The molecule has 0 amide bonds. The fourth-order valence-electron chi connectivity index (χ4n) is 2.74. The highest BCUT2D eigenvalue weighted by Crippen LogP contribution is 2.21. The van der Waals surface area contributed by atoms with Crippen LogP contribution in [-0.2, 0) is 0 Å². The molecule has 5 nitrogen and oxygen atoms in total. The zero-order valence-corrected chi connectivity index (χ0v) is 11.9. The quantitative estimate of drug-likeness (QED) is 0.839. The van der Waals surface area contributed by atoms with Crippen LogP contribution in [0.5, 0.6) is 0 Å². The molecule has 1 fully saturated rings. The van der Waals surface area contributed by atoms with Crippen molar-refractivity contribution in [2.75, 3.05) is 30.7 Å². The van der Waals surface area contributed by atoms with Gasteiger partial charge in [-0.05, 0) is 45.0 Å². The zero-order valence-electron chi connectivity index (χ0n) is 11.9. The topological polar surface area (TPSA) is 67.3 Å². The molecular formula is C15H22N4O. The first kappa shape index (κ1) is 13.2. The molecule has 20 heavy (non-hydrogen) atoms. The maximum Gasteiger partial charge on any atom is 0.295 e. The number of fused-ring (bicyclic) bond motifs is 1. The fourth-order valence-corrected chi connectivity index (χ4v) is 2.74. The molecule has 0 spiro atoms. The number of hydrogen-bond acceptors (Lipinski definition) is 5. The Hall–Kier alpha value is -1.75. The lowest BCUT2D eigenvalue weighted by Crippen LogP contribution is -2.41. The third kappa shape index (κ3) is 2.88. The number of aromatic nitrogens is 1. The molecule has 0 radical (unpaired) electrons. The Balaban J connectivity index is 1.61. The monoisotopic (exact) mass is 274 g/mol. The number of likely N-dealkylation sites (tertiary alicyclic amines) is 1. The summed E-state index contributed by atoms with van der Waals surface area (Å²) >= 11 is 0. The van der Waals surface area contributed by atoms with Crippen molar-refractivity contribution in [3.8, 4) is 0 Å². The van der Waals surface area contributed by atoms with E-state index >= 15 is 0 Å². The molecule has 1 aliphatic heterocycles. The number of nitrogen functional groups attached to an aromatic ring is 1. The first-order chi connectivity index (χ1) is 9.72. The summed E-state index contributed by atoms with van der Waals surface area (Å²) in [4.78, 5) is 6.94. The van der Waals surface area contributed by atoms with Crippen LogP contribution in [0.3, 0.4) is 0 Å². The van der Waals surface area contributed by atoms with Gasteiger partial charge in [-0.3, -0.25) is 4.90 Å². The van der Waals surface area contributed by atoms with E-state index < -0.39 is 0 Å². The summed E-state index contributed by atoms with van der Waals surface area (Å²) in [5, 5.41) is 3.29. The molecule has 2 heterocycles. The lowest BCUT2D eigenvalue weighted by Gasteiger charge is -2.32.